The van der Waals surface area contributed by atoms with E-state index < -0.39 is 29.8 Å². The van der Waals surface area contributed by atoms with E-state index in [1.54, 1.807) is 12.2 Å². The molecule has 1 heterocycles. The van der Waals surface area contributed by atoms with E-state index in [1.165, 1.54) is 0 Å². The third-order valence-electron chi connectivity index (χ3n) is 5.09. The van der Waals surface area contributed by atoms with Gasteiger partial charge in [-0.2, -0.15) is 13.2 Å². The molecule has 2 saturated carbocycles. The number of nitrogens with one attached hydrogen (secondary N) is 1. The van der Waals surface area contributed by atoms with E-state index in [1.807, 2.05) is 0 Å². The van der Waals surface area contributed by atoms with Crippen molar-refractivity contribution in [1.29, 1.82) is 0 Å². The Balaban J connectivity index is 1.67. The average molecular weight is 259 g/mol. The van der Waals surface area contributed by atoms with Gasteiger partial charge in [0, 0.05) is 17.9 Å². The quantitative estimate of drug-likeness (QED) is 0.714. The normalized spacial score (nSPS) is 49.1. The first kappa shape index (κ1) is 11.0. The summed E-state index contributed by atoms with van der Waals surface area (Å²) in [5, 5.41) is 3.19. The minimum Gasteiger partial charge on any atom is -0.316 e. The summed E-state index contributed by atoms with van der Waals surface area (Å²) in [6, 6.07) is 0. The summed E-state index contributed by atoms with van der Waals surface area (Å²) >= 11 is 0. The van der Waals surface area contributed by atoms with E-state index >= 15 is 0 Å². The van der Waals surface area contributed by atoms with Gasteiger partial charge in [0.2, 0.25) is 0 Å². The smallest absolute Gasteiger partial charge is 0.316 e. The number of hydrogen-bond donors (Lipinski definition) is 1. The van der Waals surface area contributed by atoms with Crippen molar-refractivity contribution in [1.82, 2.24) is 5.32 Å². The summed E-state index contributed by atoms with van der Waals surface area (Å²) in [7, 11) is 0. The first-order valence-electron chi connectivity index (χ1n) is 6.31. The molecule has 0 radical (unpaired) electrons. The molecule has 5 unspecified atom stereocenters. The first-order chi connectivity index (χ1) is 8.45. The van der Waals surface area contributed by atoms with Gasteiger partial charge in [0.1, 0.15) is 5.83 Å². The maximum Gasteiger partial charge on any atom is 0.393 e. The van der Waals surface area contributed by atoms with Crippen LogP contribution in [-0.4, -0.2) is 19.3 Å². The molecule has 1 nitrogen and oxygen atoms in total. The summed E-state index contributed by atoms with van der Waals surface area (Å²) in [6.07, 6.45) is -0.166. The van der Waals surface area contributed by atoms with Crippen LogP contribution in [0.2, 0.25) is 0 Å². The molecule has 98 valence electrons. The number of alkyl halides is 3. The summed E-state index contributed by atoms with van der Waals surface area (Å²) in [5.41, 5.74) is 0.357. The molecule has 1 aliphatic heterocycles. The topological polar surface area (TPSA) is 12.0 Å². The number of piperidine rings is 1. The molecule has 0 aromatic carbocycles. The van der Waals surface area contributed by atoms with Gasteiger partial charge in [-0.3, -0.25) is 0 Å². The SMILES string of the molecule is FC1=C(C23CNCC2C3)C=CC2C1C2C(F)(F)F. The van der Waals surface area contributed by atoms with Crippen LogP contribution in [0, 0.1) is 29.1 Å². The zero-order chi connectivity index (χ0) is 12.7. The van der Waals surface area contributed by atoms with Crippen molar-refractivity contribution in [3.63, 3.8) is 0 Å². The second-order valence-corrected chi connectivity index (χ2v) is 5.98. The number of fused-ring (bicyclic) bond motifs is 2. The lowest BCUT2D eigenvalue weighted by Gasteiger charge is -2.17. The highest BCUT2D eigenvalue weighted by Crippen LogP contribution is 2.68. The van der Waals surface area contributed by atoms with E-state index in [9.17, 15) is 17.6 Å². The number of halogens is 4. The van der Waals surface area contributed by atoms with Gasteiger partial charge in [0.05, 0.1) is 5.92 Å². The fourth-order valence-electron chi connectivity index (χ4n) is 3.95. The zero-order valence-electron chi connectivity index (χ0n) is 9.60. The highest BCUT2D eigenvalue weighted by molar-refractivity contribution is 5.46. The lowest BCUT2D eigenvalue weighted by molar-refractivity contribution is -0.152. The van der Waals surface area contributed by atoms with Crippen molar-refractivity contribution >= 4 is 0 Å². The summed E-state index contributed by atoms with van der Waals surface area (Å²) in [4.78, 5) is 0. The van der Waals surface area contributed by atoms with E-state index in [4.69, 9.17) is 0 Å². The average Bonchev–Trinajstić information content (AvgIpc) is 3.15. The number of allylic oxidation sites excluding steroid dienone is 3. The van der Waals surface area contributed by atoms with Crippen LogP contribution < -0.4 is 5.32 Å². The molecule has 0 amide bonds. The Bertz CT molecular complexity index is 478. The van der Waals surface area contributed by atoms with Crippen molar-refractivity contribution < 1.29 is 17.6 Å². The van der Waals surface area contributed by atoms with Crippen LogP contribution >= 0.6 is 0 Å². The Morgan fingerprint density at radius 3 is 2.67 bits per heavy atom. The van der Waals surface area contributed by atoms with Crippen LogP contribution in [0.4, 0.5) is 17.6 Å². The van der Waals surface area contributed by atoms with Crippen LogP contribution in [0.25, 0.3) is 0 Å². The molecule has 4 aliphatic rings. The van der Waals surface area contributed by atoms with Crippen molar-refractivity contribution in [2.75, 3.05) is 13.1 Å². The monoisotopic (exact) mass is 259 g/mol. The highest BCUT2D eigenvalue weighted by atomic mass is 19.4. The molecule has 18 heavy (non-hydrogen) atoms. The van der Waals surface area contributed by atoms with E-state index in [2.05, 4.69) is 5.32 Å². The second-order valence-electron chi connectivity index (χ2n) is 5.98. The van der Waals surface area contributed by atoms with E-state index in [0.29, 0.717) is 18.0 Å². The van der Waals surface area contributed by atoms with Crippen molar-refractivity contribution in [2.24, 2.45) is 29.1 Å². The molecule has 0 bridgehead atoms. The molecule has 4 rings (SSSR count). The summed E-state index contributed by atoms with van der Waals surface area (Å²) < 4.78 is 52.4. The largest absolute Gasteiger partial charge is 0.393 e. The second kappa shape index (κ2) is 3.00. The maximum atomic E-state index is 14.3. The van der Waals surface area contributed by atoms with Gasteiger partial charge in [-0.05, 0) is 30.4 Å². The van der Waals surface area contributed by atoms with Crippen LogP contribution in [0.3, 0.4) is 0 Å². The lowest BCUT2D eigenvalue weighted by Crippen LogP contribution is -2.19. The predicted molar refractivity (Wildman–Crippen MR) is 57.2 cm³/mol. The Labute approximate surface area is 102 Å². The number of rotatable bonds is 1. The fourth-order valence-corrected chi connectivity index (χ4v) is 3.95. The molecule has 0 aromatic rings. The minimum atomic E-state index is -4.28. The molecule has 3 fully saturated rings. The first-order valence-corrected chi connectivity index (χ1v) is 6.31. The van der Waals surface area contributed by atoms with Gasteiger partial charge >= 0.3 is 6.18 Å². The van der Waals surface area contributed by atoms with Crippen LogP contribution in [0.15, 0.2) is 23.6 Å². The highest BCUT2D eigenvalue weighted by Gasteiger charge is 2.68. The van der Waals surface area contributed by atoms with Gasteiger partial charge in [-0.25, -0.2) is 4.39 Å². The van der Waals surface area contributed by atoms with E-state index in [0.717, 1.165) is 13.0 Å². The van der Waals surface area contributed by atoms with Gasteiger partial charge in [0.25, 0.3) is 0 Å². The predicted octanol–water partition coefficient (Wildman–Crippen LogP) is 2.81. The van der Waals surface area contributed by atoms with Gasteiger partial charge in [0.15, 0.2) is 0 Å². The Kier molecular flexibility index (Phi) is 1.84. The van der Waals surface area contributed by atoms with Gasteiger partial charge < -0.3 is 5.32 Å². The summed E-state index contributed by atoms with van der Waals surface area (Å²) in [6.45, 7) is 1.57. The van der Waals surface area contributed by atoms with Crippen molar-refractivity contribution in [2.45, 2.75) is 12.6 Å². The molecule has 0 aromatic heterocycles. The molecule has 3 aliphatic carbocycles. The third kappa shape index (κ3) is 1.21. The molecule has 0 spiro atoms. The lowest BCUT2D eigenvalue weighted by atomic mass is 9.89. The number of hydrogen-bond acceptors (Lipinski definition) is 1. The Morgan fingerprint density at radius 1 is 1.33 bits per heavy atom. The molecular formula is C13H13F4N. The molecule has 1 saturated heterocycles. The molecule has 5 heteroatoms. The van der Waals surface area contributed by atoms with Crippen molar-refractivity contribution in [3.05, 3.63) is 23.6 Å². The van der Waals surface area contributed by atoms with Crippen LogP contribution in [0.5, 0.6) is 0 Å². The Hall–Kier alpha value is -0.840. The fraction of sp³-hybridized carbons (Fsp3) is 0.692. The summed E-state index contributed by atoms with van der Waals surface area (Å²) in [5.74, 6) is -3.15. The Morgan fingerprint density at radius 2 is 2.11 bits per heavy atom. The van der Waals surface area contributed by atoms with Gasteiger partial charge in [-0.1, -0.05) is 12.2 Å². The standard InChI is InChI=1S/C13H13F4N/c14-11-8(12-3-6(12)4-18-5-12)2-1-7-9(11)10(7)13(15,16)17/h1-2,6-7,9-10,18H,3-5H2. The van der Waals surface area contributed by atoms with Gasteiger partial charge in [-0.15, -0.1) is 0 Å². The minimum absolute atomic E-state index is 0.190. The van der Waals surface area contributed by atoms with E-state index in [-0.39, 0.29) is 5.41 Å². The molecule has 5 atom stereocenters. The third-order valence-corrected chi connectivity index (χ3v) is 5.09. The van der Waals surface area contributed by atoms with Crippen LogP contribution in [0.1, 0.15) is 6.42 Å². The zero-order valence-corrected chi connectivity index (χ0v) is 9.60. The maximum absolute atomic E-state index is 14.3. The molecule has 1 N–H and O–H groups in total. The van der Waals surface area contributed by atoms with Crippen molar-refractivity contribution in [3.8, 4) is 0 Å². The van der Waals surface area contributed by atoms with Crippen LogP contribution in [-0.2, 0) is 0 Å². The molecular weight excluding hydrogens is 246 g/mol.